The van der Waals surface area contributed by atoms with E-state index in [0.717, 1.165) is 22.1 Å². The molecule has 0 aliphatic heterocycles. The molecule has 3 heterocycles. The zero-order chi connectivity index (χ0) is 23.0. The molecule has 0 atom stereocenters. The highest BCUT2D eigenvalue weighted by Crippen LogP contribution is 2.29. The minimum absolute atomic E-state index is 0.264. The maximum absolute atomic E-state index is 12.2. The Bertz CT molecular complexity index is 1560. The monoisotopic (exact) mass is 460 g/mol. The first-order valence-corrected chi connectivity index (χ1v) is 12.6. The SMILES string of the molecule is C1CC1.Cn1ncc2ccc(Nc3ncc4ccc(-c5ccccc5S(C)(=O)=O)n4n3)cc21. The van der Waals surface area contributed by atoms with Crippen molar-refractivity contribution >= 4 is 37.9 Å². The van der Waals surface area contributed by atoms with Gasteiger partial charge in [-0.2, -0.15) is 5.10 Å². The van der Waals surface area contributed by atoms with E-state index < -0.39 is 9.84 Å². The number of aromatic nitrogens is 5. The molecule has 1 fully saturated rings. The Morgan fingerprint density at radius 1 is 0.970 bits per heavy atom. The van der Waals surface area contributed by atoms with Crippen LogP contribution in [0.15, 0.2) is 71.9 Å². The third kappa shape index (κ3) is 4.45. The Labute approximate surface area is 191 Å². The highest BCUT2D eigenvalue weighted by molar-refractivity contribution is 7.90. The molecule has 1 aliphatic carbocycles. The van der Waals surface area contributed by atoms with Crippen molar-refractivity contribution in [2.75, 3.05) is 11.6 Å². The van der Waals surface area contributed by atoms with E-state index in [1.807, 2.05) is 49.6 Å². The van der Waals surface area contributed by atoms with Gasteiger partial charge in [0.15, 0.2) is 9.84 Å². The average molecular weight is 461 g/mol. The van der Waals surface area contributed by atoms with E-state index in [1.165, 1.54) is 25.5 Å². The maximum atomic E-state index is 12.2. The van der Waals surface area contributed by atoms with Crippen molar-refractivity contribution in [3.63, 3.8) is 0 Å². The number of hydrogen-bond donors (Lipinski definition) is 1. The van der Waals surface area contributed by atoms with Gasteiger partial charge in [-0.1, -0.05) is 37.5 Å². The first kappa shape index (κ1) is 21.1. The molecule has 1 saturated carbocycles. The largest absolute Gasteiger partial charge is 0.323 e. The smallest absolute Gasteiger partial charge is 0.245 e. The Hall–Kier alpha value is -3.72. The molecule has 9 heteroatoms. The molecule has 33 heavy (non-hydrogen) atoms. The maximum Gasteiger partial charge on any atom is 0.245 e. The van der Waals surface area contributed by atoms with Crippen molar-refractivity contribution in [3.8, 4) is 11.3 Å². The molecule has 0 radical (unpaired) electrons. The van der Waals surface area contributed by atoms with Gasteiger partial charge >= 0.3 is 0 Å². The van der Waals surface area contributed by atoms with Crippen molar-refractivity contribution in [2.45, 2.75) is 24.2 Å². The molecule has 168 valence electrons. The van der Waals surface area contributed by atoms with Crippen molar-refractivity contribution in [1.82, 2.24) is 24.4 Å². The van der Waals surface area contributed by atoms with E-state index in [0.29, 0.717) is 17.2 Å². The summed E-state index contributed by atoms with van der Waals surface area (Å²) in [6.45, 7) is 0. The van der Waals surface area contributed by atoms with Crippen LogP contribution >= 0.6 is 0 Å². The summed E-state index contributed by atoms with van der Waals surface area (Å²) < 4.78 is 28.0. The third-order valence-electron chi connectivity index (χ3n) is 5.32. The fourth-order valence-electron chi connectivity index (χ4n) is 3.52. The van der Waals surface area contributed by atoms with E-state index in [4.69, 9.17) is 0 Å². The van der Waals surface area contributed by atoms with Gasteiger partial charge in [0.1, 0.15) is 0 Å². The van der Waals surface area contributed by atoms with Gasteiger partial charge in [0.25, 0.3) is 0 Å². The summed E-state index contributed by atoms with van der Waals surface area (Å²) >= 11 is 0. The van der Waals surface area contributed by atoms with E-state index >= 15 is 0 Å². The van der Waals surface area contributed by atoms with Crippen LogP contribution in [0.2, 0.25) is 0 Å². The number of nitrogens with one attached hydrogen (secondary N) is 1. The predicted molar refractivity (Wildman–Crippen MR) is 129 cm³/mol. The van der Waals surface area contributed by atoms with Gasteiger partial charge in [-0.05, 0) is 36.4 Å². The fraction of sp³-hybridized carbons (Fsp3) is 0.208. The molecule has 6 rings (SSSR count). The van der Waals surface area contributed by atoms with Crippen molar-refractivity contribution in [3.05, 3.63) is 67.0 Å². The molecule has 0 saturated heterocycles. The Morgan fingerprint density at radius 2 is 1.76 bits per heavy atom. The number of benzene rings is 2. The predicted octanol–water partition coefficient (Wildman–Crippen LogP) is 4.60. The van der Waals surface area contributed by atoms with E-state index in [1.54, 1.807) is 33.6 Å². The van der Waals surface area contributed by atoms with Gasteiger partial charge in [-0.15, -0.1) is 5.10 Å². The molecule has 0 amide bonds. The minimum atomic E-state index is -3.39. The lowest BCUT2D eigenvalue weighted by Crippen LogP contribution is -2.05. The minimum Gasteiger partial charge on any atom is -0.323 e. The third-order valence-corrected chi connectivity index (χ3v) is 6.47. The Balaban J connectivity index is 0.000000705. The lowest BCUT2D eigenvalue weighted by atomic mass is 10.1. The molecule has 0 spiro atoms. The van der Waals surface area contributed by atoms with Crippen LogP contribution in [0, 0.1) is 0 Å². The molecule has 0 bridgehead atoms. The number of aryl methyl sites for hydroxylation is 1. The Morgan fingerprint density at radius 3 is 2.52 bits per heavy atom. The average Bonchev–Trinajstić information content (AvgIpc) is 3.56. The van der Waals surface area contributed by atoms with Crippen LogP contribution in [0.3, 0.4) is 0 Å². The summed E-state index contributed by atoms with van der Waals surface area (Å²) in [4.78, 5) is 4.65. The standard InChI is InChI=1S/C21H18N6O2S.C3H6/c1-26-19-11-15(8-7-14(19)12-23-26)24-21-22-13-16-9-10-18(27(16)25-21)17-5-3-4-6-20(17)30(2,28)29;1-2-3-1/h3-13H,1-2H3,(H,24,25);1-3H2. The quantitative estimate of drug-likeness (QED) is 0.421. The number of sulfone groups is 1. The van der Waals surface area contributed by atoms with Crippen LogP contribution in [0.5, 0.6) is 0 Å². The van der Waals surface area contributed by atoms with Gasteiger partial charge < -0.3 is 5.32 Å². The Kier molecular flexibility index (Phi) is 5.33. The molecule has 1 N–H and O–H groups in total. The van der Waals surface area contributed by atoms with Crippen molar-refractivity contribution < 1.29 is 8.42 Å². The van der Waals surface area contributed by atoms with Gasteiger partial charge in [0.2, 0.25) is 5.95 Å². The summed E-state index contributed by atoms with van der Waals surface area (Å²) in [5.74, 6) is 0.401. The topological polar surface area (TPSA) is 94.2 Å². The molecular weight excluding hydrogens is 436 g/mol. The number of fused-ring (bicyclic) bond motifs is 2. The van der Waals surface area contributed by atoms with E-state index in [2.05, 4.69) is 20.5 Å². The first-order valence-electron chi connectivity index (χ1n) is 10.7. The lowest BCUT2D eigenvalue weighted by Gasteiger charge is -2.09. The number of nitrogens with zero attached hydrogens (tertiary/aromatic N) is 5. The summed E-state index contributed by atoms with van der Waals surface area (Å²) in [5, 5.41) is 13.1. The number of hydrogen-bond acceptors (Lipinski definition) is 6. The van der Waals surface area contributed by atoms with Crippen LogP contribution in [0.4, 0.5) is 11.6 Å². The number of anilines is 2. The molecule has 2 aromatic carbocycles. The molecule has 5 aromatic rings. The zero-order valence-electron chi connectivity index (χ0n) is 18.4. The molecule has 1 aliphatic rings. The van der Waals surface area contributed by atoms with Crippen LogP contribution in [0.25, 0.3) is 27.7 Å². The highest BCUT2D eigenvalue weighted by Gasteiger charge is 2.17. The van der Waals surface area contributed by atoms with Gasteiger partial charge in [0, 0.05) is 29.9 Å². The van der Waals surface area contributed by atoms with Crippen LogP contribution < -0.4 is 5.32 Å². The molecule has 8 nitrogen and oxygen atoms in total. The summed E-state index contributed by atoms with van der Waals surface area (Å²) in [5.41, 5.74) is 3.86. The van der Waals surface area contributed by atoms with Crippen molar-refractivity contribution in [2.24, 2.45) is 7.05 Å². The second-order valence-electron chi connectivity index (χ2n) is 8.13. The normalized spacial score (nSPS) is 13.0. The molecular formula is C24H24N6O2S. The zero-order valence-corrected chi connectivity index (χ0v) is 19.2. The van der Waals surface area contributed by atoms with Gasteiger partial charge in [0.05, 0.1) is 34.0 Å². The van der Waals surface area contributed by atoms with Gasteiger partial charge in [-0.3, -0.25) is 4.68 Å². The highest BCUT2D eigenvalue weighted by atomic mass is 32.2. The summed E-state index contributed by atoms with van der Waals surface area (Å²) in [6, 6.07) is 16.5. The summed E-state index contributed by atoms with van der Waals surface area (Å²) in [7, 11) is -1.50. The van der Waals surface area contributed by atoms with Gasteiger partial charge in [-0.25, -0.2) is 17.9 Å². The first-order chi connectivity index (χ1) is 15.9. The summed E-state index contributed by atoms with van der Waals surface area (Å²) in [6.07, 6.45) is 9.22. The molecule has 3 aromatic heterocycles. The number of rotatable bonds is 4. The van der Waals surface area contributed by atoms with E-state index in [-0.39, 0.29) is 4.90 Å². The van der Waals surface area contributed by atoms with Crippen LogP contribution in [0.1, 0.15) is 19.3 Å². The second kappa shape index (κ2) is 8.32. The lowest BCUT2D eigenvalue weighted by molar-refractivity contribution is 0.602. The van der Waals surface area contributed by atoms with Crippen LogP contribution in [-0.2, 0) is 16.9 Å². The van der Waals surface area contributed by atoms with Crippen LogP contribution in [-0.4, -0.2) is 39.1 Å². The molecule has 0 unspecified atom stereocenters. The second-order valence-corrected chi connectivity index (χ2v) is 10.1. The van der Waals surface area contributed by atoms with Crippen molar-refractivity contribution in [1.29, 1.82) is 0 Å². The van der Waals surface area contributed by atoms with E-state index in [9.17, 15) is 8.42 Å². The fourth-order valence-corrected chi connectivity index (χ4v) is 4.41.